The summed E-state index contributed by atoms with van der Waals surface area (Å²) in [6.07, 6.45) is 1.01. The maximum Gasteiger partial charge on any atom is 0.129 e. The molecule has 2 aromatic carbocycles. The zero-order chi connectivity index (χ0) is 15.5. The van der Waals surface area contributed by atoms with Crippen molar-refractivity contribution < 1.29 is 0 Å². The van der Waals surface area contributed by atoms with Crippen molar-refractivity contribution in [2.75, 3.05) is 18.5 Å². The van der Waals surface area contributed by atoms with Crippen LogP contribution in [0.15, 0.2) is 54.6 Å². The van der Waals surface area contributed by atoms with E-state index in [0.717, 1.165) is 34.7 Å². The summed E-state index contributed by atoms with van der Waals surface area (Å²) in [5.74, 6) is 0.989. The van der Waals surface area contributed by atoms with Gasteiger partial charge in [0.15, 0.2) is 0 Å². The van der Waals surface area contributed by atoms with Gasteiger partial charge in [-0.2, -0.15) is 0 Å². The van der Waals surface area contributed by atoms with Crippen molar-refractivity contribution in [2.24, 2.45) is 0 Å². The Morgan fingerprint density at radius 2 is 1.82 bits per heavy atom. The summed E-state index contributed by atoms with van der Waals surface area (Å²) < 4.78 is 0. The summed E-state index contributed by atoms with van der Waals surface area (Å²) in [6.45, 7) is 3.05. The van der Waals surface area contributed by atoms with Gasteiger partial charge in [0.1, 0.15) is 5.82 Å². The van der Waals surface area contributed by atoms with Crippen LogP contribution in [-0.2, 0) is 6.42 Å². The molecule has 1 heterocycles. The van der Waals surface area contributed by atoms with E-state index < -0.39 is 0 Å². The highest BCUT2D eigenvalue weighted by Gasteiger charge is 2.07. The predicted octanol–water partition coefficient (Wildman–Crippen LogP) is 4.88. The van der Waals surface area contributed by atoms with Gasteiger partial charge in [0.25, 0.3) is 0 Å². The molecule has 0 unspecified atom stereocenters. The minimum Gasteiger partial charge on any atom is -0.359 e. The number of aromatic nitrogens is 1. The number of nitrogens with zero attached hydrogens (tertiary/aromatic N) is 2. The first kappa shape index (κ1) is 14.9. The van der Waals surface area contributed by atoms with E-state index in [1.807, 2.05) is 24.3 Å². The largest absolute Gasteiger partial charge is 0.359 e. The summed E-state index contributed by atoms with van der Waals surface area (Å²) in [7, 11) is 2.08. The Hall–Kier alpha value is -2.06. The molecular weight excluding hydrogens is 292 g/mol. The van der Waals surface area contributed by atoms with Gasteiger partial charge < -0.3 is 4.90 Å². The van der Waals surface area contributed by atoms with E-state index in [1.54, 1.807) is 0 Å². The van der Waals surface area contributed by atoms with Crippen LogP contribution in [0.4, 0.5) is 5.82 Å². The van der Waals surface area contributed by atoms with Crippen LogP contribution in [0.25, 0.3) is 10.9 Å². The van der Waals surface area contributed by atoms with E-state index >= 15 is 0 Å². The Morgan fingerprint density at radius 3 is 2.59 bits per heavy atom. The van der Waals surface area contributed by atoms with Crippen molar-refractivity contribution in [3.05, 3.63) is 70.7 Å². The summed E-state index contributed by atoms with van der Waals surface area (Å²) in [5, 5.41) is 1.88. The average Bonchev–Trinajstić information content (AvgIpc) is 2.53. The van der Waals surface area contributed by atoms with Crippen LogP contribution >= 0.6 is 11.6 Å². The lowest BCUT2D eigenvalue weighted by atomic mass is 10.1. The standard InChI is InChI=1S/C19H19ClN2/c1-14-12-19(21-18-13-16(20)8-9-17(14)18)22(2)11-10-15-6-4-3-5-7-15/h3-9,12-13H,10-11H2,1-2H3. The second-order valence-electron chi connectivity index (χ2n) is 5.62. The molecule has 3 heteroatoms. The average molecular weight is 311 g/mol. The Kier molecular flexibility index (Phi) is 4.30. The van der Waals surface area contributed by atoms with Crippen LogP contribution in [0.1, 0.15) is 11.1 Å². The molecule has 0 bridgehead atoms. The molecular formula is C19H19ClN2. The van der Waals surface area contributed by atoms with Gasteiger partial charge >= 0.3 is 0 Å². The van der Waals surface area contributed by atoms with Crippen LogP contribution in [0.5, 0.6) is 0 Å². The van der Waals surface area contributed by atoms with Gasteiger partial charge in [-0.3, -0.25) is 0 Å². The van der Waals surface area contributed by atoms with E-state index in [2.05, 4.69) is 49.2 Å². The van der Waals surface area contributed by atoms with Gasteiger partial charge in [-0.05, 0) is 42.7 Å². The zero-order valence-electron chi connectivity index (χ0n) is 12.9. The molecule has 0 aliphatic rings. The van der Waals surface area contributed by atoms with Crippen molar-refractivity contribution in [1.82, 2.24) is 4.98 Å². The molecule has 0 fully saturated rings. The molecule has 3 aromatic rings. The maximum absolute atomic E-state index is 6.09. The second-order valence-corrected chi connectivity index (χ2v) is 6.05. The monoisotopic (exact) mass is 310 g/mol. The first-order valence-electron chi connectivity index (χ1n) is 7.45. The maximum atomic E-state index is 6.09. The zero-order valence-corrected chi connectivity index (χ0v) is 13.6. The molecule has 0 aliphatic heterocycles. The van der Waals surface area contributed by atoms with E-state index in [9.17, 15) is 0 Å². The number of aryl methyl sites for hydroxylation is 1. The fourth-order valence-electron chi connectivity index (χ4n) is 2.61. The van der Waals surface area contributed by atoms with Crippen molar-refractivity contribution in [2.45, 2.75) is 13.3 Å². The highest BCUT2D eigenvalue weighted by Crippen LogP contribution is 2.24. The second kappa shape index (κ2) is 6.37. The molecule has 0 atom stereocenters. The van der Waals surface area contributed by atoms with Gasteiger partial charge in [0.05, 0.1) is 5.52 Å². The molecule has 0 radical (unpaired) electrons. The Balaban J connectivity index is 1.83. The molecule has 112 valence electrons. The third-order valence-electron chi connectivity index (χ3n) is 3.94. The quantitative estimate of drug-likeness (QED) is 0.683. The molecule has 0 spiro atoms. The first-order valence-corrected chi connectivity index (χ1v) is 7.83. The number of likely N-dealkylation sites (N-methyl/N-ethyl adjacent to an activating group) is 1. The predicted molar refractivity (Wildman–Crippen MR) is 94.9 cm³/mol. The van der Waals surface area contributed by atoms with Crippen molar-refractivity contribution in [3.8, 4) is 0 Å². The molecule has 2 nitrogen and oxygen atoms in total. The fourth-order valence-corrected chi connectivity index (χ4v) is 2.78. The number of hydrogen-bond acceptors (Lipinski definition) is 2. The minimum atomic E-state index is 0.725. The van der Waals surface area contributed by atoms with Crippen LogP contribution < -0.4 is 4.90 Å². The van der Waals surface area contributed by atoms with Crippen LogP contribution in [0.2, 0.25) is 5.02 Å². The van der Waals surface area contributed by atoms with Crippen molar-refractivity contribution in [1.29, 1.82) is 0 Å². The fraction of sp³-hybridized carbons (Fsp3) is 0.211. The van der Waals surface area contributed by atoms with Gasteiger partial charge in [-0.15, -0.1) is 0 Å². The normalized spacial score (nSPS) is 10.9. The molecule has 0 N–H and O–H groups in total. The number of anilines is 1. The third-order valence-corrected chi connectivity index (χ3v) is 4.17. The molecule has 0 saturated heterocycles. The summed E-state index contributed by atoms with van der Waals surface area (Å²) >= 11 is 6.09. The molecule has 0 amide bonds. The van der Waals surface area contributed by atoms with E-state index in [-0.39, 0.29) is 0 Å². The molecule has 3 rings (SSSR count). The van der Waals surface area contributed by atoms with Gasteiger partial charge in [-0.1, -0.05) is 48.0 Å². The third kappa shape index (κ3) is 3.23. The minimum absolute atomic E-state index is 0.725. The van der Waals surface area contributed by atoms with E-state index in [4.69, 9.17) is 16.6 Å². The van der Waals surface area contributed by atoms with E-state index in [0.29, 0.717) is 0 Å². The van der Waals surface area contributed by atoms with Gasteiger partial charge in [0, 0.05) is 24.0 Å². The number of hydrogen-bond donors (Lipinski definition) is 0. The van der Waals surface area contributed by atoms with E-state index in [1.165, 1.54) is 11.1 Å². The van der Waals surface area contributed by atoms with Gasteiger partial charge in [-0.25, -0.2) is 4.98 Å². The number of benzene rings is 2. The number of rotatable bonds is 4. The number of fused-ring (bicyclic) bond motifs is 1. The highest BCUT2D eigenvalue weighted by atomic mass is 35.5. The lowest BCUT2D eigenvalue weighted by Crippen LogP contribution is -2.21. The molecule has 1 aromatic heterocycles. The van der Waals surface area contributed by atoms with Crippen molar-refractivity contribution >= 4 is 28.3 Å². The van der Waals surface area contributed by atoms with Crippen LogP contribution in [-0.4, -0.2) is 18.6 Å². The Morgan fingerprint density at radius 1 is 1.05 bits per heavy atom. The molecule has 0 saturated carbocycles. The van der Waals surface area contributed by atoms with Gasteiger partial charge in [0.2, 0.25) is 0 Å². The smallest absolute Gasteiger partial charge is 0.129 e. The Labute approximate surface area is 136 Å². The van der Waals surface area contributed by atoms with Crippen molar-refractivity contribution in [3.63, 3.8) is 0 Å². The lowest BCUT2D eigenvalue weighted by Gasteiger charge is -2.19. The summed E-state index contributed by atoms with van der Waals surface area (Å²) in [5.41, 5.74) is 3.52. The summed E-state index contributed by atoms with van der Waals surface area (Å²) in [6, 6.07) is 18.5. The first-order chi connectivity index (χ1) is 10.6. The Bertz CT molecular complexity index is 784. The molecule has 22 heavy (non-hydrogen) atoms. The summed E-state index contributed by atoms with van der Waals surface area (Å²) in [4.78, 5) is 6.95. The number of halogens is 1. The topological polar surface area (TPSA) is 16.1 Å². The van der Waals surface area contributed by atoms with Crippen LogP contribution in [0.3, 0.4) is 0 Å². The number of pyridine rings is 1. The molecule has 0 aliphatic carbocycles. The van der Waals surface area contributed by atoms with Crippen LogP contribution in [0, 0.1) is 6.92 Å². The highest BCUT2D eigenvalue weighted by molar-refractivity contribution is 6.31. The SMILES string of the molecule is Cc1cc(N(C)CCc2ccccc2)nc2cc(Cl)ccc12. The lowest BCUT2D eigenvalue weighted by molar-refractivity contribution is 0.862.